The van der Waals surface area contributed by atoms with Gasteiger partial charge in [0.05, 0.1) is 0 Å². The molecule has 1 N–H and O–H groups in total. The average molecular weight is 171 g/mol. The molecule has 0 bridgehead atoms. The van der Waals surface area contributed by atoms with Gasteiger partial charge in [-0.05, 0) is 24.8 Å². The molecule has 0 heterocycles. The van der Waals surface area contributed by atoms with Crippen LogP contribution in [0.5, 0.6) is 0 Å². The zero-order valence-electron chi connectivity index (χ0n) is 9.35. The van der Waals surface area contributed by atoms with Crippen LogP contribution >= 0.6 is 0 Å². The standard InChI is InChI=1S/C11H25N/c1-6-8-12-11(9(3)4)10(5)7-2/h9-12H,6-8H2,1-5H3. The monoisotopic (exact) mass is 171 g/mol. The lowest BCUT2D eigenvalue weighted by molar-refractivity contribution is 0.293. The van der Waals surface area contributed by atoms with Gasteiger partial charge in [0.25, 0.3) is 0 Å². The molecule has 0 saturated heterocycles. The highest BCUT2D eigenvalue weighted by Gasteiger charge is 2.17. The lowest BCUT2D eigenvalue weighted by atomic mass is 9.90. The Kier molecular flexibility index (Phi) is 6.45. The number of hydrogen-bond donors (Lipinski definition) is 1. The van der Waals surface area contributed by atoms with Crippen LogP contribution in [0.4, 0.5) is 0 Å². The molecule has 74 valence electrons. The van der Waals surface area contributed by atoms with Crippen LogP contribution in [0.3, 0.4) is 0 Å². The van der Waals surface area contributed by atoms with Crippen LogP contribution in [-0.2, 0) is 0 Å². The highest BCUT2D eigenvalue weighted by Crippen LogP contribution is 2.15. The van der Waals surface area contributed by atoms with Crippen molar-refractivity contribution < 1.29 is 0 Å². The van der Waals surface area contributed by atoms with Crippen LogP contribution in [0, 0.1) is 11.8 Å². The fourth-order valence-electron chi connectivity index (χ4n) is 1.66. The van der Waals surface area contributed by atoms with Gasteiger partial charge in [-0.15, -0.1) is 0 Å². The molecule has 0 radical (unpaired) electrons. The maximum absolute atomic E-state index is 3.62. The SMILES string of the molecule is CCCNC(C(C)C)C(C)CC. The van der Waals surface area contributed by atoms with Crippen molar-refractivity contribution in [3.8, 4) is 0 Å². The summed E-state index contributed by atoms with van der Waals surface area (Å²) in [6.45, 7) is 12.6. The van der Waals surface area contributed by atoms with Crippen LogP contribution in [0.15, 0.2) is 0 Å². The molecule has 0 spiro atoms. The summed E-state index contributed by atoms with van der Waals surface area (Å²) in [5, 5.41) is 3.62. The van der Waals surface area contributed by atoms with Crippen molar-refractivity contribution in [3.63, 3.8) is 0 Å². The molecule has 0 aliphatic carbocycles. The predicted octanol–water partition coefficient (Wildman–Crippen LogP) is 3.06. The molecule has 12 heavy (non-hydrogen) atoms. The van der Waals surface area contributed by atoms with Gasteiger partial charge in [0.1, 0.15) is 0 Å². The van der Waals surface area contributed by atoms with Gasteiger partial charge in [0, 0.05) is 6.04 Å². The van der Waals surface area contributed by atoms with Gasteiger partial charge >= 0.3 is 0 Å². The van der Waals surface area contributed by atoms with Gasteiger partial charge in [-0.2, -0.15) is 0 Å². The van der Waals surface area contributed by atoms with Gasteiger partial charge in [-0.3, -0.25) is 0 Å². The minimum atomic E-state index is 0.704. The van der Waals surface area contributed by atoms with Crippen molar-refractivity contribution in [2.24, 2.45) is 11.8 Å². The van der Waals surface area contributed by atoms with Crippen LogP contribution in [0.25, 0.3) is 0 Å². The van der Waals surface area contributed by atoms with E-state index in [4.69, 9.17) is 0 Å². The lowest BCUT2D eigenvalue weighted by Crippen LogP contribution is -2.39. The molecule has 0 amide bonds. The normalized spacial score (nSPS) is 16.5. The predicted molar refractivity (Wildman–Crippen MR) is 56.4 cm³/mol. The second kappa shape index (κ2) is 6.47. The Balaban J connectivity index is 3.85. The van der Waals surface area contributed by atoms with E-state index in [1.165, 1.54) is 12.8 Å². The highest BCUT2D eigenvalue weighted by molar-refractivity contribution is 4.75. The minimum absolute atomic E-state index is 0.704. The third kappa shape index (κ3) is 4.10. The van der Waals surface area contributed by atoms with Gasteiger partial charge in [0.15, 0.2) is 0 Å². The van der Waals surface area contributed by atoms with Crippen LogP contribution < -0.4 is 5.32 Å². The van der Waals surface area contributed by atoms with Gasteiger partial charge in [0.2, 0.25) is 0 Å². The molecule has 1 nitrogen and oxygen atoms in total. The van der Waals surface area contributed by atoms with Crippen molar-refractivity contribution in [2.75, 3.05) is 6.54 Å². The van der Waals surface area contributed by atoms with E-state index in [9.17, 15) is 0 Å². The first-order chi connectivity index (χ1) is 5.63. The maximum atomic E-state index is 3.62. The van der Waals surface area contributed by atoms with Crippen molar-refractivity contribution in [1.82, 2.24) is 5.32 Å². The van der Waals surface area contributed by atoms with Gasteiger partial charge < -0.3 is 5.32 Å². The third-order valence-electron chi connectivity index (χ3n) is 2.61. The molecule has 1 heteroatoms. The largest absolute Gasteiger partial charge is 0.313 e. The second-order valence-electron chi connectivity index (χ2n) is 4.11. The van der Waals surface area contributed by atoms with E-state index < -0.39 is 0 Å². The van der Waals surface area contributed by atoms with E-state index in [0.29, 0.717) is 6.04 Å². The zero-order valence-corrected chi connectivity index (χ0v) is 9.35. The Morgan fingerprint density at radius 2 is 1.67 bits per heavy atom. The number of rotatable bonds is 6. The molecule has 0 rings (SSSR count). The topological polar surface area (TPSA) is 12.0 Å². The van der Waals surface area contributed by atoms with Crippen molar-refractivity contribution in [2.45, 2.75) is 53.5 Å². The highest BCUT2D eigenvalue weighted by atomic mass is 14.9. The summed E-state index contributed by atoms with van der Waals surface area (Å²) in [5.74, 6) is 1.56. The van der Waals surface area contributed by atoms with E-state index in [-0.39, 0.29) is 0 Å². The molecule has 0 aromatic heterocycles. The Morgan fingerprint density at radius 1 is 1.08 bits per heavy atom. The quantitative estimate of drug-likeness (QED) is 0.647. The molecule has 0 aromatic rings. The van der Waals surface area contributed by atoms with Crippen LogP contribution in [-0.4, -0.2) is 12.6 Å². The Morgan fingerprint density at radius 3 is 2.00 bits per heavy atom. The maximum Gasteiger partial charge on any atom is 0.0116 e. The fourth-order valence-corrected chi connectivity index (χ4v) is 1.66. The number of hydrogen-bond acceptors (Lipinski definition) is 1. The minimum Gasteiger partial charge on any atom is -0.313 e. The average Bonchev–Trinajstić information content (AvgIpc) is 2.04. The summed E-state index contributed by atoms with van der Waals surface area (Å²) in [6, 6.07) is 0.704. The first-order valence-electron chi connectivity index (χ1n) is 5.36. The van der Waals surface area contributed by atoms with E-state index in [0.717, 1.165) is 18.4 Å². The Hall–Kier alpha value is -0.0400. The molecular weight excluding hydrogens is 146 g/mol. The summed E-state index contributed by atoms with van der Waals surface area (Å²) >= 11 is 0. The molecule has 0 saturated carbocycles. The first-order valence-corrected chi connectivity index (χ1v) is 5.36. The fraction of sp³-hybridized carbons (Fsp3) is 1.00. The summed E-state index contributed by atoms with van der Waals surface area (Å²) in [7, 11) is 0. The molecule has 0 aromatic carbocycles. The summed E-state index contributed by atoms with van der Waals surface area (Å²) in [5.41, 5.74) is 0. The van der Waals surface area contributed by atoms with E-state index in [2.05, 4.69) is 39.9 Å². The molecule has 2 atom stereocenters. The summed E-state index contributed by atoms with van der Waals surface area (Å²) < 4.78 is 0. The zero-order chi connectivity index (χ0) is 9.56. The van der Waals surface area contributed by atoms with Crippen molar-refractivity contribution in [1.29, 1.82) is 0 Å². The second-order valence-corrected chi connectivity index (χ2v) is 4.11. The van der Waals surface area contributed by atoms with E-state index in [1.54, 1.807) is 0 Å². The summed E-state index contributed by atoms with van der Waals surface area (Å²) in [4.78, 5) is 0. The van der Waals surface area contributed by atoms with Gasteiger partial charge in [-0.25, -0.2) is 0 Å². The Labute approximate surface area is 77.9 Å². The molecular formula is C11H25N. The third-order valence-corrected chi connectivity index (χ3v) is 2.61. The molecule has 0 aliphatic heterocycles. The van der Waals surface area contributed by atoms with Crippen molar-refractivity contribution in [3.05, 3.63) is 0 Å². The van der Waals surface area contributed by atoms with E-state index in [1.807, 2.05) is 0 Å². The Bertz CT molecular complexity index is 99.2. The molecule has 2 unspecified atom stereocenters. The van der Waals surface area contributed by atoms with E-state index >= 15 is 0 Å². The first kappa shape index (κ1) is 12.0. The number of nitrogens with one attached hydrogen (secondary N) is 1. The van der Waals surface area contributed by atoms with Crippen molar-refractivity contribution >= 4 is 0 Å². The molecule has 0 fully saturated rings. The van der Waals surface area contributed by atoms with Crippen LogP contribution in [0.2, 0.25) is 0 Å². The van der Waals surface area contributed by atoms with Crippen LogP contribution in [0.1, 0.15) is 47.5 Å². The molecule has 0 aliphatic rings. The summed E-state index contributed by atoms with van der Waals surface area (Å²) in [6.07, 6.45) is 2.51. The smallest absolute Gasteiger partial charge is 0.0116 e. The van der Waals surface area contributed by atoms with Gasteiger partial charge in [-0.1, -0.05) is 41.0 Å². The lowest BCUT2D eigenvalue weighted by Gasteiger charge is -2.27.